The van der Waals surface area contributed by atoms with Gasteiger partial charge in [0.1, 0.15) is 0 Å². The molecule has 10 aromatic carbocycles. The normalized spacial score (nSPS) is 21.6. The Bertz CT molecular complexity index is 4920. The quantitative estimate of drug-likeness (QED) is 0.159. The maximum atomic E-state index is 7.15. The molecule has 4 atom stereocenters. The largest absolute Gasteiger partial charge is 0.335 e. The van der Waals surface area contributed by atoms with Gasteiger partial charge in [0.25, 0.3) is 13.4 Å². The Kier molecular flexibility index (Phi) is 15.3. The smallest absolute Gasteiger partial charge is 0.252 e. The fraction of sp³-hybridized carbons (Fsp3) is 0.355. The number of rotatable bonds is 5. The van der Waals surface area contributed by atoms with Crippen LogP contribution in [-0.4, -0.2) is 24.5 Å². The summed E-state index contributed by atoms with van der Waals surface area (Å²) in [6.45, 7) is 38.3. The Morgan fingerprint density at radius 2 is 0.703 bits per heavy atom. The molecule has 0 bridgehead atoms. The predicted octanol–water partition coefficient (Wildman–Crippen LogP) is 22.0. The van der Waals surface area contributed by atoms with E-state index >= 15 is 0 Å². The highest BCUT2D eigenvalue weighted by Crippen LogP contribution is 2.64. The number of fused-ring (bicyclic) bond motifs is 14. The summed E-state index contributed by atoms with van der Waals surface area (Å²) >= 11 is 7.15. The Hall–Kier alpha value is -8.38. The average Bonchev–Trinajstić information content (AvgIpc) is 1.55. The minimum absolute atomic E-state index is 0. The highest BCUT2D eigenvalue weighted by Gasteiger charge is 2.63. The molecule has 8 aliphatic rings. The molecule has 2 fully saturated rings. The van der Waals surface area contributed by atoms with Crippen molar-refractivity contribution < 1.29 is 0 Å². The zero-order valence-electron chi connectivity index (χ0n) is 62.1. The third-order valence-corrected chi connectivity index (χ3v) is 26.1. The lowest BCUT2D eigenvalue weighted by Crippen LogP contribution is -2.64. The number of halogens is 1. The van der Waals surface area contributed by atoms with Gasteiger partial charge in [-0.15, -0.1) is 0 Å². The maximum Gasteiger partial charge on any atom is 0.252 e. The Morgan fingerprint density at radius 3 is 1.11 bits per heavy atom. The second-order valence-electron chi connectivity index (χ2n) is 35.7. The van der Waals surface area contributed by atoms with Crippen LogP contribution in [0.3, 0.4) is 0 Å². The molecule has 0 saturated heterocycles. The first-order valence-corrected chi connectivity index (χ1v) is 37.8. The van der Waals surface area contributed by atoms with E-state index in [9.17, 15) is 0 Å². The van der Waals surface area contributed by atoms with Crippen molar-refractivity contribution in [2.75, 3.05) is 24.5 Å². The molecular weight excluding hydrogens is 1240 g/mol. The molecule has 4 unspecified atom stereocenters. The van der Waals surface area contributed by atoms with Crippen molar-refractivity contribution in [1.82, 2.24) is 0 Å². The monoisotopic (exact) mass is 1350 g/mol. The van der Waals surface area contributed by atoms with Crippen molar-refractivity contribution in [3.8, 4) is 0 Å². The molecule has 10 aromatic rings. The van der Waals surface area contributed by atoms with E-state index in [0.29, 0.717) is 0 Å². The van der Waals surface area contributed by atoms with Crippen molar-refractivity contribution in [1.29, 1.82) is 0 Å². The van der Waals surface area contributed by atoms with Crippen LogP contribution in [0.2, 0.25) is 5.02 Å². The topological polar surface area (TPSA) is 16.2 Å². The van der Waals surface area contributed by atoms with Gasteiger partial charge < -0.3 is 24.5 Å². The van der Waals surface area contributed by atoms with Crippen LogP contribution in [0.1, 0.15) is 203 Å². The van der Waals surface area contributed by atoms with E-state index in [1.54, 1.807) is 0 Å². The number of hydrogen-bond donors (Lipinski definition) is 0. The van der Waals surface area contributed by atoms with Crippen LogP contribution in [0.15, 0.2) is 206 Å². The van der Waals surface area contributed by atoms with Gasteiger partial charge >= 0.3 is 0 Å². The average molecular weight is 1350 g/mol. The van der Waals surface area contributed by atoms with Gasteiger partial charge in [-0.3, -0.25) is 0 Å². The zero-order chi connectivity index (χ0) is 69.8. The number of benzene rings is 10. The van der Waals surface area contributed by atoms with E-state index in [1.807, 2.05) is 0 Å². The van der Waals surface area contributed by atoms with Gasteiger partial charge in [0, 0.05) is 84.1 Å². The summed E-state index contributed by atoms with van der Waals surface area (Å²) in [7, 11) is 0. The molecule has 512 valence electrons. The first-order chi connectivity index (χ1) is 47.5. The van der Waals surface area contributed by atoms with Gasteiger partial charge in [-0.05, 0) is 212 Å². The zero-order valence-corrected chi connectivity index (χ0v) is 62.8. The second-order valence-corrected chi connectivity index (χ2v) is 36.2. The summed E-state index contributed by atoms with van der Waals surface area (Å²) in [6, 6.07) is 79.1. The fourth-order valence-corrected chi connectivity index (χ4v) is 20.2. The highest BCUT2D eigenvalue weighted by molar-refractivity contribution is 7.01. The molecule has 18 rings (SSSR count). The van der Waals surface area contributed by atoms with Gasteiger partial charge in [0.05, 0.1) is 16.8 Å². The predicted molar refractivity (Wildman–Crippen MR) is 438 cm³/mol. The molecule has 2 saturated carbocycles. The first kappa shape index (κ1) is 67.1. The fourth-order valence-electron chi connectivity index (χ4n) is 20.0. The molecule has 0 amide bonds. The molecule has 0 aromatic heterocycles. The van der Waals surface area contributed by atoms with Crippen LogP contribution in [0.25, 0.3) is 0 Å². The first-order valence-electron chi connectivity index (χ1n) is 37.4. The Morgan fingerprint density at radius 1 is 0.347 bits per heavy atom. The Labute approximate surface area is 610 Å². The van der Waals surface area contributed by atoms with Crippen LogP contribution >= 0.6 is 11.6 Å². The van der Waals surface area contributed by atoms with E-state index in [1.165, 1.54) is 180 Å². The molecular formula is C93H102B2ClN5. The van der Waals surface area contributed by atoms with Crippen molar-refractivity contribution in [2.45, 2.75) is 213 Å². The molecule has 0 N–H and O–H groups in total. The van der Waals surface area contributed by atoms with Gasteiger partial charge in [-0.2, -0.15) is 0 Å². The van der Waals surface area contributed by atoms with Crippen LogP contribution in [-0.2, 0) is 32.5 Å². The molecule has 5 nitrogen and oxygen atoms in total. The summed E-state index contributed by atoms with van der Waals surface area (Å²) in [5, 5.41) is 0.803. The second kappa shape index (κ2) is 23.1. The standard InChI is InChI=1S/C52H54BN3.C40H44BClN2.CH4/c1-49(2,3)35-24-27-39(28-25-35)55-44-29-26-36(50(4,5)6)32-43(44)53-42-23-17-22-41-48(42)56(52(8)31-16-15-30-51(41,52)7)46-34-40(33-45(55)47(46)53)54(37-18-11-9-12-19-37)38-20-13-10-14-21-38;1-37(2,3)25-14-17-28(18-15-25)43-32-19-16-26(38(4,5)6)22-31(32)41-30-13-11-12-29-36(30)44(34-24-27(42)23-33(43)35(34)41)40(8)21-10-9-20-39(29,40)7;/h9-14,17-29,32-34H,15-16,30-31H2,1-8H3;11-19,22-24H,9-10,20-21H2,1-8H3;1H4. The molecule has 6 aliphatic heterocycles. The minimum atomic E-state index is -0.0574. The Balaban J connectivity index is 0.000000160. The third kappa shape index (κ3) is 9.83. The van der Waals surface area contributed by atoms with Crippen molar-refractivity contribution in [3.05, 3.63) is 245 Å². The SMILES string of the molecule is C.CC(C)(C)c1ccc(N2c3ccc(C(C)(C)C)cc3B3c4cccc5c4N(c4cc(Cl)cc2c43)C2(C)CCCCC52C)cc1.CC(C)(C)c1ccc(N2c3ccc(C(C)(C)C)cc3B3c4cccc5c4N(c4cc(N(c6ccccc6)c6ccccc6)cc2c43)C2(C)CCCCC52C)cc1. The molecule has 0 spiro atoms. The highest BCUT2D eigenvalue weighted by atomic mass is 35.5. The van der Waals surface area contributed by atoms with E-state index in [2.05, 4.69) is 342 Å². The van der Waals surface area contributed by atoms with E-state index in [4.69, 9.17) is 11.6 Å². The van der Waals surface area contributed by atoms with E-state index in [-0.39, 0.29) is 64.4 Å². The number of hydrogen-bond acceptors (Lipinski definition) is 5. The number of para-hydroxylation sites is 4. The van der Waals surface area contributed by atoms with Crippen LogP contribution in [0.5, 0.6) is 0 Å². The summed E-state index contributed by atoms with van der Waals surface area (Å²) < 4.78 is 0. The molecule has 8 heteroatoms. The maximum absolute atomic E-state index is 7.15. The molecule has 6 heterocycles. The molecule has 0 radical (unpaired) electrons. The number of anilines is 13. The van der Waals surface area contributed by atoms with Crippen molar-refractivity contribution in [2.24, 2.45) is 0 Å². The lowest BCUT2D eigenvalue weighted by molar-refractivity contribution is 0.195. The van der Waals surface area contributed by atoms with Gasteiger partial charge in [0.2, 0.25) is 0 Å². The van der Waals surface area contributed by atoms with Crippen LogP contribution in [0.4, 0.5) is 73.9 Å². The van der Waals surface area contributed by atoms with Gasteiger partial charge in [-0.25, -0.2) is 0 Å². The molecule has 2 aliphatic carbocycles. The van der Waals surface area contributed by atoms with Crippen LogP contribution < -0.4 is 57.3 Å². The lowest BCUT2D eigenvalue weighted by atomic mass is 9.33. The number of nitrogens with zero attached hydrogens (tertiary/aromatic N) is 5. The van der Waals surface area contributed by atoms with Crippen molar-refractivity contribution >= 4 is 132 Å². The van der Waals surface area contributed by atoms with Gasteiger partial charge in [0.15, 0.2) is 0 Å². The summed E-state index contributed by atoms with van der Waals surface area (Å²) in [6.07, 6.45) is 9.87. The van der Waals surface area contributed by atoms with E-state index in [0.717, 1.165) is 16.4 Å². The third-order valence-electron chi connectivity index (χ3n) is 25.9. The van der Waals surface area contributed by atoms with Crippen molar-refractivity contribution in [3.63, 3.8) is 0 Å². The molecule has 101 heavy (non-hydrogen) atoms. The summed E-state index contributed by atoms with van der Waals surface area (Å²) in [5.41, 5.74) is 33.8. The summed E-state index contributed by atoms with van der Waals surface area (Å²) in [5.74, 6) is 0. The van der Waals surface area contributed by atoms with Crippen LogP contribution in [0, 0.1) is 0 Å². The lowest BCUT2D eigenvalue weighted by Gasteiger charge is -2.53. The minimum Gasteiger partial charge on any atom is -0.335 e. The van der Waals surface area contributed by atoms with Gasteiger partial charge in [-0.1, -0.05) is 263 Å². The van der Waals surface area contributed by atoms with E-state index < -0.39 is 0 Å². The summed E-state index contributed by atoms with van der Waals surface area (Å²) in [4.78, 5) is 13.1.